The van der Waals surface area contributed by atoms with E-state index in [1.165, 1.54) is 0 Å². The Balaban J connectivity index is 2.11. The van der Waals surface area contributed by atoms with Crippen LogP contribution in [0.5, 0.6) is 0 Å². The molecule has 108 valence electrons. The number of benzene rings is 1. The summed E-state index contributed by atoms with van der Waals surface area (Å²) in [6.07, 6.45) is 0. The molecule has 0 saturated heterocycles. The summed E-state index contributed by atoms with van der Waals surface area (Å²) >= 11 is 0. The van der Waals surface area contributed by atoms with Gasteiger partial charge in [-0.3, -0.25) is 0 Å². The summed E-state index contributed by atoms with van der Waals surface area (Å²) in [5.41, 5.74) is 1.65. The highest BCUT2D eigenvalue weighted by Crippen LogP contribution is 2.23. The van der Waals surface area contributed by atoms with E-state index in [1.54, 1.807) is 0 Å². The number of aliphatic hydroxyl groups is 1. The van der Waals surface area contributed by atoms with Gasteiger partial charge in [-0.25, -0.2) is 0 Å². The standard InChI is InChI=1S/C15H21N3O2/c1-10(13-17-14(18-20-13)15(2,3)4)16-12-7-5-6-11(8-12)9-19/h5-8,10,16,19H,9H2,1-4H3. The van der Waals surface area contributed by atoms with E-state index in [0.29, 0.717) is 11.7 Å². The molecule has 1 aromatic carbocycles. The summed E-state index contributed by atoms with van der Waals surface area (Å²) < 4.78 is 5.31. The van der Waals surface area contributed by atoms with Gasteiger partial charge in [-0.1, -0.05) is 38.1 Å². The van der Waals surface area contributed by atoms with E-state index < -0.39 is 0 Å². The molecule has 20 heavy (non-hydrogen) atoms. The van der Waals surface area contributed by atoms with Crippen LogP contribution in [-0.2, 0) is 12.0 Å². The second-order valence-corrected chi connectivity index (χ2v) is 5.93. The van der Waals surface area contributed by atoms with Gasteiger partial charge in [-0.05, 0) is 24.6 Å². The Bertz CT molecular complexity index is 572. The molecule has 0 amide bonds. The van der Waals surface area contributed by atoms with Gasteiger partial charge in [0.1, 0.15) is 6.04 Å². The van der Waals surface area contributed by atoms with Crippen molar-refractivity contribution in [3.8, 4) is 0 Å². The summed E-state index contributed by atoms with van der Waals surface area (Å²) in [4.78, 5) is 4.43. The fraction of sp³-hybridized carbons (Fsp3) is 0.467. The molecule has 0 aliphatic carbocycles. The van der Waals surface area contributed by atoms with Crippen molar-refractivity contribution in [3.63, 3.8) is 0 Å². The van der Waals surface area contributed by atoms with E-state index in [0.717, 1.165) is 11.3 Å². The van der Waals surface area contributed by atoms with Crippen LogP contribution in [0, 0.1) is 0 Å². The van der Waals surface area contributed by atoms with Crippen molar-refractivity contribution < 1.29 is 9.63 Å². The Morgan fingerprint density at radius 2 is 2.10 bits per heavy atom. The molecule has 5 heteroatoms. The normalized spacial score (nSPS) is 13.2. The van der Waals surface area contributed by atoms with Crippen LogP contribution in [0.1, 0.15) is 51.0 Å². The van der Waals surface area contributed by atoms with Gasteiger partial charge in [0, 0.05) is 11.1 Å². The first-order valence-electron chi connectivity index (χ1n) is 6.70. The van der Waals surface area contributed by atoms with Gasteiger partial charge >= 0.3 is 0 Å². The first kappa shape index (κ1) is 14.5. The van der Waals surface area contributed by atoms with Gasteiger partial charge in [0.2, 0.25) is 5.89 Å². The zero-order chi connectivity index (χ0) is 14.8. The number of rotatable bonds is 4. The largest absolute Gasteiger partial charge is 0.392 e. The molecule has 2 rings (SSSR count). The summed E-state index contributed by atoms with van der Waals surface area (Å²) in [7, 11) is 0. The minimum atomic E-state index is -0.127. The summed E-state index contributed by atoms with van der Waals surface area (Å²) in [5.74, 6) is 1.26. The quantitative estimate of drug-likeness (QED) is 0.897. The molecule has 2 N–H and O–H groups in total. The highest BCUT2D eigenvalue weighted by molar-refractivity contribution is 5.46. The van der Waals surface area contributed by atoms with Gasteiger partial charge in [0.15, 0.2) is 5.82 Å². The van der Waals surface area contributed by atoms with Gasteiger partial charge < -0.3 is 14.9 Å². The van der Waals surface area contributed by atoms with Gasteiger partial charge in [-0.2, -0.15) is 4.98 Å². The molecule has 0 spiro atoms. The number of nitrogens with zero attached hydrogens (tertiary/aromatic N) is 2. The van der Waals surface area contributed by atoms with Crippen molar-refractivity contribution in [2.24, 2.45) is 0 Å². The lowest BCUT2D eigenvalue weighted by Gasteiger charge is -2.13. The molecule has 1 aromatic heterocycles. The molecule has 0 aliphatic rings. The minimum absolute atomic E-state index is 0.0264. The summed E-state index contributed by atoms with van der Waals surface area (Å²) in [6, 6.07) is 7.52. The van der Waals surface area contributed by atoms with Crippen LogP contribution in [0.4, 0.5) is 5.69 Å². The molecule has 1 heterocycles. The van der Waals surface area contributed by atoms with E-state index in [9.17, 15) is 0 Å². The molecule has 0 radical (unpaired) electrons. The summed E-state index contributed by atoms with van der Waals surface area (Å²) in [5, 5.41) is 16.4. The Labute approximate surface area is 119 Å². The van der Waals surface area contributed by atoms with Crippen LogP contribution in [0.15, 0.2) is 28.8 Å². The maximum atomic E-state index is 9.14. The minimum Gasteiger partial charge on any atom is -0.392 e. The van der Waals surface area contributed by atoms with E-state index in [4.69, 9.17) is 9.63 Å². The fourth-order valence-corrected chi connectivity index (χ4v) is 1.79. The SMILES string of the molecule is CC(Nc1cccc(CO)c1)c1nc(C(C)(C)C)no1. The second kappa shape index (κ2) is 5.63. The van der Waals surface area contributed by atoms with Crippen molar-refractivity contribution in [1.82, 2.24) is 10.1 Å². The number of anilines is 1. The Kier molecular flexibility index (Phi) is 4.09. The van der Waals surface area contributed by atoms with E-state index in [-0.39, 0.29) is 18.1 Å². The van der Waals surface area contributed by atoms with Crippen molar-refractivity contribution in [2.75, 3.05) is 5.32 Å². The molecular formula is C15H21N3O2. The van der Waals surface area contributed by atoms with Crippen LogP contribution in [-0.4, -0.2) is 15.2 Å². The highest BCUT2D eigenvalue weighted by atomic mass is 16.5. The zero-order valence-electron chi connectivity index (χ0n) is 12.3. The Morgan fingerprint density at radius 3 is 2.70 bits per heavy atom. The number of nitrogens with one attached hydrogen (secondary N) is 1. The molecule has 0 fully saturated rings. The third-order valence-electron chi connectivity index (χ3n) is 2.98. The van der Waals surface area contributed by atoms with E-state index >= 15 is 0 Å². The molecule has 1 atom stereocenters. The Hall–Kier alpha value is -1.88. The van der Waals surface area contributed by atoms with Crippen molar-refractivity contribution in [2.45, 2.75) is 45.8 Å². The third-order valence-corrected chi connectivity index (χ3v) is 2.98. The number of aromatic nitrogens is 2. The summed E-state index contributed by atoms with van der Waals surface area (Å²) in [6.45, 7) is 8.13. The van der Waals surface area contributed by atoms with Crippen molar-refractivity contribution >= 4 is 5.69 Å². The second-order valence-electron chi connectivity index (χ2n) is 5.93. The first-order chi connectivity index (χ1) is 9.40. The maximum absolute atomic E-state index is 9.14. The Morgan fingerprint density at radius 1 is 1.35 bits per heavy atom. The molecule has 2 aromatic rings. The van der Waals surface area contributed by atoms with E-state index in [2.05, 4.69) is 15.5 Å². The maximum Gasteiger partial charge on any atom is 0.248 e. The van der Waals surface area contributed by atoms with Gasteiger partial charge in [-0.15, -0.1) is 0 Å². The first-order valence-corrected chi connectivity index (χ1v) is 6.70. The van der Waals surface area contributed by atoms with Gasteiger partial charge in [0.05, 0.1) is 6.61 Å². The average Bonchev–Trinajstić information content (AvgIpc) is 2.88. The van der Waals surface area contributed by atoms with Crippen LogP contribution in [0.3, 0.4) is 0 Å². The average molecular weight is 275 g/mol. The third kappa shape index (κ3) is 3.36. The lowest BCUT2D eigenvalue weighted by atomic mass is 9.96. The molecular weight excluding hydrogens is 254 g/mol. The highest BCUT2D eigenvalue weighted by Gasteiger charge is 2.23. The smallest absolute Gasteiger partial charge is 0.248 e. The predicted octanol–water partition coefficient (Wildman–Crippen LogP) is 3.03. The van der Waals surface area contributed by atoms with Gasteiger partial charge in [0.25, 0.3) is 0 Å². The van der Waals surface area contributed by atoms with E-state index in [1.807, 2.05) is 52.0 Å². The molecule has 1 unspecified atom stereocenters. The topological polar surface area (TPSA) is 71.2 Å². The number of hydrogen-bond acceptors (Lipinski definition) is 5. The van der Waals surface area contributed by atoms with Crippen molar-refractivity contribution in [1.29, 1.82) is 0 Å². The lowest BCUT2D eigenvalue weighted by molar-refractivity contribution is 0.282. The fourth-order valence-electron chi connectivity index (χ4n) is 1.79. The van der Waals surface area contributed by atoms with Crippen LogP contribution in [0.2, 0.25) is 0 Å². The predicted molar refractivity (Wildman–Crippen MR) is 77.4 cm³/mol. The molecule has 0 saturated carbocycles. The lowest BCUT2D eigenvalue weighted by Crippen LogP contribution is -2.14. The number of aliphatic hydroxyl groups excluding tert-OH is 1. The molecule has 0 aliphatic heterocycles. The number of hydrogen-bond donors (Lipinski definition) is 2. The monoisotopic (exact) mass is 275 g/mol. The molecule has 5 nitrogen and oxygen atoms in total. The zero-order valence-corrected chi connectivity index (χ0v) is 12.3. The van der Waals surface area contributed by atoms with Crippen LogP contribution >= 0.6 is 0 Å². The van der Waals surface area contributed by atoms with Crippen molar-refractivity contribution in [3.05, 3.63) is 41.5 Å². The van der Waals surface area contributed by atoms with Crippen LogP contribution < -0.4 is 5.32 Å². The molecule has 0 bridgehead atoms. The van der Waals surface area contributed by atoms with Crippen LogP contribution in [0.25, 0.3) is 0 Å².